The van der Waals surface area contributed by atoms with E-state index in [0.717, 1.165) is 11.1 Å². The molecular formula is C10H18N2O4S3. The van der Waals surface area contributed by atoms with Gasteiger partial charge in [-0.1, -0.05) is 0 Å². The Morgan fingerprint density at radius 2 is 1.95 bits per heavy atom. The van der Waals surface area contributed by atoms with E-state index in [4.69, 9.17) is 5.73 Å². The van der Waals surface area contributed by atoms with Crippen LogP contribution >= 0.6 is 11.3 Å². The van der Waals surface area contributed by atoms with Crippen LogP contribution in [0.5, 0.6) is 0 Å². The van der Waals surface area contributed by atoms with Gasteiger partial charge >= 0.3 is 0 Å². The number of sulfonamides is 1. The van der Waals surface area contributed by atoms with Crippen LogP contribution in [0.2, 0.25) is 0 Å². The van der Waals surface area contributed by atoms with E-state index >= 15 is 0 Å². The molecule has 0 spiro atoms. The summed E-state index contributed by atoms with van der Waals surface area (Å²) in [6.07, 6.45) is 2.03. The summed E-state index contributed by atoms with van der Waals surface area (Å²) in [7, 11) is -6.60. The highest BCUT2D eigenvalue weighted by molar-refractivity contribution is 7.91. The standard InChI is InChI=1S/C10H18N2O4S3/c1-18(13,14)8-2-7-12-19(15,16)10-4-3-9(17-10)5-6-11/h3-4,12H,2,5-8,11H2,1H3. The van der Waals surface area contributed by atoms with Gasteiger partial charge < -0.3 is 5.73 Å². The highest BCUT2D eigenvalue weighted by Gasteiger charge is 2.16. The van der Waals surface area contributed by atoms with Crippen LogP contribution in [0.3, 0.4) is 0 Å². The second-order valence-corrected chi connectivity index (χ2v) is 9.56. The number of nitrogens with one attached hydrogen (secondary N) is 1. The van der Waals surface area contributed by atoms with Gasteiger partial charge in [0.15, 0.2) is 0 Å². The fourth-order valence-corrected chi connectivity index (χ4v) is 4.55. The molecule has 0 aliphatic rings. The first kappa shape index (κ1) is 16.6. The van der Waals surface area contributed by atoms with Gasteiger partial charge in [-0.2, -0.15) is 0 Å². The number of hydrogen-bond acceptors (Lipinski definition) is 6. The van der Waals surface area contributed by atoms with Gasteiger partial charge in [0.25, 0.3) is 0 Å². The number of sulfone groups is 1. The molecule has 0 amide bonds. The quantitative estimate of drug-likeness (QED) is 0.652. The molecule has 6 nitrogen and oxygen atoms in total. The van der Waals surface area contributed by atoms with Crippen LogP contribution in [-0.2, 0) is 26.3 Å². The van der Waals surface area contributed by atoms with Crippen molar-refractivity contribution in [1.29, 1.82) is 0 Å². The van der Waals surface area contributed by atoms with Crippen molar-refractivity contribution in [2.45, 2.75) is 17.1 Å². The van der Waals surface area contributed by atoms with Crippen LogP contribution in [0.1, 0.15) is 11.3 Å². The van der Waals surface area contributed by atoms with Gasteiger partial charge in [0.1, 0.15) is 14.0 Å². The molecule has 3 N–H and O–H groups in total. The van der Waals surface area contributed by atoms with E-state index in [2.05, 4.69) is 4.72 Å². The Hall–Kier alpha value is -0.480. The Balaban J connectivity index is 2.55. The van der Waals surface area contributed by atoms with Gasteiger partial charge in [0.2, 0.25) is 10.0 Å². The molecule has 0 bridgehead atoms. The third-order valence-electron chi connectivity index (χ3n) is 2.28. The molecule has 1 aromatic heterocycles. The smallest absolute Gasteiger partial charge is 0.250 e. The monoisotopic (exact) mass is 326 g/mol. The summed E-state index contributed by atoms with van der Waals surface area (Å²) in [6.45, 7) is 0.585. The summed E-state index contributed by atoms with van der Waals surface area (Å²) in [4.78, 5) is 0.916. The first-order valence-electron chi connectivity index (χ1n) is 5.71. The minimum absolute atomic E-state index is 0.0294. The van der Waals surface area contributed by atoms with Crippen molar-refractivity contribution in [2.75, 3.05) is 25.1 Å². The molecule has 0 atom stereocenters. The fourth-order valence-electron chi connectivity index (χ4n) is 1.39. The van der Waals surface area contributed by atoms with E-state index in [1.165, 1.54) is 17.4 Å². The van der Waals surface area contributed by atoms with E-state index < -0.39 is 19.9 Å². The van der Waals surface area contributed by atoms with Crippen LogP contribution in [0.25, 0.3) is 0 Å². The summed E-state index contributed by atoms with van der Waals surface area (Å²) in [5, 5.41) is 0. The largest absolute Gasteiger partial charge is 0.330 e. The van der Waals surface area contributed by atoms with Crippen molar-refractivity contribution in [3.8, 4) is 0 Å². The SMILES string of the molecule is CS(=O)(=O)CCCNS(=O)(=O)c1ccc(CCN)s1. The lowest BCUT2D eigenvalue weighted by atomic mass is 10.3. The van der Waals surface area contributed by atoms with Gasteiger partial charge in [-0.05, 0) is 31.5 Å². The van der Waals surface area contributed by atoms with Crippen molar-refractivity contribution in [1.82, 2.24) is 4.72 Å². The molecule has 0 aliphatic heterocycles. The molecule has 1 aromatic rings. The minimum atomic E-state index is -3.54. The molecular weight excluding hydrogens is 308 g/mol. The van der Waals surface area contributed by atoms with E-state index in [1.807, 2.05) is 0 Å². The minimum Gasteiger partial charge on any atom is -0.330 e. The summed E-state index contributed by atoms with van der Waals surface area (Å²) < 4.78 is 48.2. The van der Waals surface area contributed by atoms with Crippen molar-refractivity contribution >= 4 is 31.2 Å². The van der Waals surface area contributed by atoms with Gasteiger partial charge in [0, 0.05) is 17.7 Å². The molecule has 0 saturated heterocycles. The Morgan fingerprint density at radius 3 is 2.53 bits per heavy atom. The van der Waals surface area contributed by atoms with E-state index in [-0.39, 0.29) is 22.9 Å². The zero-order valence-electron chi connectivity index (χ0n) is 10.6. The average molecular weight is 326 g/mol. The molecule has 1 heterocycles. The summed E-state index contributed by atoms with van der Waals surface area (Å²) >= 11 is 1.18. The molecule has 19 heavy (non-hydrogen) atoms. The molecule has 0 aromatic carbocycles. The summed E-state index contributed by atoms with van der Waals surface area (Å²) in [5.74, 6) is -0.0294. The number of hydrogen-bond donors (Lipinski definition) is 2. The molecule has 0 saturated carbocycles. The number of nitrogens with two attached hydrogens (primary N) is 1. The van der Waals surface area contributed by atoms with Crippen LogP contribution < -0.4 is 10.5 Å². The third kappa shape index (κ3) is 6.00. The van der Waals surface area contributed by atoms with Crippen molar-refractivity contribution < 1.29 is 16.8 Å². The Bertz CT molecular complexity index is 604. The van der Waals surface area contributed by atoms with Crippen LogP contribution in [-0.4, -0.2) is 41.9 Å². The molecule has 0 fully saturated rings. The number of rotatable bonds is 8. The van der Waals surface area contributed by atoms with Crippen LogP contribution in [0.4, 0.5) is 0 Å². The van der Waals surface area contributed by atoms with E-state index in [1.54, 1.807) is 6.07 Å². The maximum Gasteiger partial charge on any atom is 0.250 e. The zero-order valence-corrected chi connectivity index (χ0v) is 13.1. The lowest BCUT2D eigenvalue weighted by Gasteiger charge is -2.03. The topological polar surface area (TPSA) is 106 Å². The van der Waals surface area contributed by atoms with Crippen molar-refractivity contribution in [2.24, 2.45) is 5.73 Å². The van der Waals surface area contributed by atoms with Gasteiger partial charge in [-0.25, -0.2) is 21.6 Å². The highest BCUT2D eigenvalue weighted by atomic mass is 32.2. The first-order valence-corrected chi connectivity index (χ1v) is 10.1. The van der Waals surface area contributed by atoms with Crippen molar-refractivity contribution in [3.63, 3.8) is 0 Å². The molecule has 1 rings (SSSR count). The summed E-state index contributed by atoms with van der Waals surface area (Å²) in [5.41, 5.74) is 5.40. The summed E-state index contributed by atoms with van der Waals surface area (Å²) in [6, 6.07) is 3.27. The number of thiophene rings is 1. The Labute approximate surface area is 118 Å². The highest BCUT2D eigenvalue weighted by Crippen LogP contribution is 2.21. The fraction of sp³-hybridized carbons (Fsp3) is 0.600. The Morgan fingerprint density at radius 1 is 1.26 bits per heavy atom. The Kier molecular flexibility index (Phi) is 5.93. The van der Waals surface area contributed by atoms with Crippen LogP contribution in [0, 0.1) is 0 Å². The first-order chi connectivity index (χ1) is 8.74. The third-order valence-corrected chi connectivity index (χ3v) is 6.40. The predicted molar refractivity (Wildman–Crippen MR) is 76.6 cm³/mol. The van der Waals surface area contributed by atoms with Gasteiger partial charge in [-0.15, -0.1) is 11.3 Å². The zero-order chi connectivity index (χ0) is 14.5. The molecule has 9 heteroatoms. The molecule has 0 aliphatic carbocycles. The van der Waals surface area contributed by atoms with Gasteiger partial charge in [-0.3, -0.25) is 0 Å². The van der Waals surface area contributed by atoms with E-state index in [9.17, 15) is 16.8 Å². The van der Waals surface area contributed by atoms with E-state index in [0.29, 0.717) is 13.0 Å². The predicted octanol–water partition coefficient (Wildman–Crippen LogP) is -0.0377. The molecule has 0 unspecified atom stereocenters. The van der Waals surface area contributed by atoms with Crippen LogP contribution in [0.15, 0.2) is 16.3 Å². The average Bonchev–Trinajstić information content (AvgIpc) is 2.73. The molecule has 0 radical (unpaired) electrons. The second kappa shape index (κ2) is 6.80. The second-order valence-electron chi connectivity index (χ2n) is 4.14. The maximum absolute atomic E-state index is 11.9. The normalized spacial score (nSPS) is 12.7. The molecule has 110 valence electrons. The van der Waals surface area contributed by atoms with Crippen molar-refractivity contribution in [3.05, 3.63) is 17.0 Å². The lowest BCUT2D eigenvalue weighted by molar-refractivity contribution is 0.579. The maximum atomic E-state index is 11.9. The van der Waals surface area contributed by atoms with Gasteiger partial charge in [0.05, 0.1) is 5.75 Å². The lowest BCUT2D eigenvalue weighted by Crippen LogP contribution is -2.25.